The van der Waals surface area contributed by atoms with Gasteiger partial charge < -0.3 is 11.1 Å². The monoisotopic (exact) mass is 258 g/mol. The minimum absolute atomic E-state index is 0.201. The van der Waals surface area contributed by atoms with Gasteiger partial charge in [0.25, 0.3) is 0 Å². The van der Waals surface area contributed by atoms with Crippen molar-refractivity contribution in [1.29, 1.82) is 0 Å². The third kappa shape index (κ3) is 4.51. The van der Waals surface area contributed by atoms with Gasteiger partial charge in [-0.2, -0.15) is 0 Å². The Kier molecular flexibility index (Phi) is 5.80. The molecule has 1 aliphatic rings. The third-order valence-corrected chi connectivity index (χ3v) is 4.96. The van der Waals surface area contributed by atoms with Crippen LogP contribution in [-0.2, 0) is 4.79 Å². The summed E-state index contributed by atoms with van der Waals surface area (Å²) < 4.78 is 0. The van der Waals surface area contributed by atoms with Crippen LogP contribution < -0.4 is 11.1 Å². The van der Waals surface area contributed by atoms with E-state index in [9.17, 15) is 4.79 Å². The first-order chi connectivity index (χ1) is 7.97. The third-order valence-electron chi connectivity index (χ3n) is 3.58. The molecule has 100 valence electrons. The number of carbonyl (C=O) groups is 1. The van der Waals surface area contributed by atoms with E-state index in [-0.39, 0.29) is 5.91 Å². The van der Waals surface area contributed by atoms with Gasteiger partial charge in [-0.1, -0.05) is 27.2 Å². The number of primary amides is 1. The molecule has 1 amide bonds. The van der Waals surface area contributed by atoms with Crippen molar-refractivity contribution in [3.8, 4) is 0 Å². The van der Waals surface area contributed by atoms with E-state index in [1.165, 1.54) is 19.3 Å². The highest BCUT2D eigenvalue weighted by Gasteiger charge is 2.38. The average molecular weight is 258 g/mol. The van der Waals surface area contributed by atoms with Crippen LogP contribution >= 0.6 is 11.8 Å². The highest BCUT2D eigenvalue weighted by Crippen LogP contribution is 2.40. The zero-order valence-electron chi connectivity index (χ0n) is 11.3. The van der Waals surface area contributed by atoms with E-state index in [0.29, 0.717) is 22.5 Å². The summed E-state index contributed by atoms with van der Waals surface area (Å²) in [4.78, 5) is 10.9. The lowest BCUT2D eigenvalue weighted by Gasteiger charge is -2.44. The van der Waals surface area contributed by atoms with Gasteiger partial charge in [0.05, 0.1) is 5.75 Å². The van der Waals surface area contributed by atoms with Crippen molar-refractivity contribution < 1.29 is 4.79 Å². The van der Waals surface area contributed by atoms with E-state index in [0.717, 1.165) is 13.0 Å². The molecule has 1 saturated carbocycles. The maximum atomic E-state index is 10.9. The van der Waals surface area contributed by atoms with Crippen LogP contribution in [0, 0.1) is 5.41 Å². The van der Waals surface area contributed by atoms with Crippen molar-refractivity contribution in [3.05, 3.63) is 0 Å². The van der Waals surface area contributed by atoms with Gasteiger partial charge in [-0.25, -0.2) is 0 Å². The Morgan fingerprint density at radius 2 is 2.24 bits per heavy atom. The maximum absolute atomic E-state index is 10.9. The van der Waals surface area contributed by atoms with E-state index in [1.54, 1.807) is 11.8 Å². The predicted molar refractivity (Wildman–Crippen MR) is 75.2 cm³/mol. The summed E-state index contributed by atoms with van der Waals surface area (Å²) in [7, 11) is 0. The fraction of sp³-hybridized carbons (Fsp3) is 0.923. The van der Waals surface area contributed by atoms with Crippen LogP contribution in [-0.4, -0.2) is 29.5 Å². The van der Waals surface area contributed by atoms with Crippen molar-refractivity contribution in [2.45, 2.75) is 57.7 Å². The molecule has 0 radical (unpaired) electrons. The van der Waals surface area contributed by atoms with Crippen molar-refractivity contribution in [1.82, 2.24) is 5.32 Å². The molecule has 0 aliphatic heterocycles. The minimum Gasteiger partial charge on any atom is -0.369 e. The average Bonchev–Trinajstić information content (AvgIpc) is 2.24. The molecule has 0 aromatic rings. The molecule has 0 saturated heterocycles. The highest BCUT2D eigenvalue weighted by atomic mass is 32.2. The van der Waals surface area contributed by atoms with Crippen molar-refractivity contribution >= 4 is 17.7 Å². The normalized spacial score (nSPS) is 27.9. The van der Waals surface area contributed by atoms with Crippen LogP contribution in [0.4, 0.5) is 0 Å². The fourth-order valence-electron chi connectivity index (χ4n) is 2.66. The van der Waals surface area contributed by atoms with Gasteiger partial charge in [0.1, 0.15) is 0 Å². The van der Waals surface area contributed by atoms with Crippen LogP contribution in [0.2, 0.25) is 0 Å². The summed E-state index contributed by atoms with van der Waals surface area (Å²) in [5, 5.41) is 4.19. The van der Waals surface area contributed by atoms with Crippen LogP contribution in [0.3, 0.4) is 0 Å². The molecule has 0 heterocycles. The standard InChI is InChI=1S/C13H26N2OS/c1-4-8-15-12-10(17-9-11(14)16)6-5-7-13(12,2)3/h10,12,15H,4-9H2,1-3H3,(H2,14,16). The second-order valence-electron chi connectivity index (χ2n) is 5.63. The van der Waals surface area contributed by atoms with Gasteiger partial charge in [0, 0.05) is 11.3 Å². The number of hydrogen-bond acceptors (Lipinski definition) is 3. The Hall–Kier alpha value is -0.220. The number of amides is 1. The highest BCUT2D eigenvalue weighted by molar-refractivity contribution is 8.00. The number of nitrogens with two attached hydrogens (primary N) is 1. The fourth-order valence-corrected chi connectivity index (χ4v) is 4.03. The van der Waals surface area contributed by atoms with E-state index >= 15 is 0 Å². The number of thioether (sulfide) groups is 1. The van der Waals surface area contributed by atoms with E-state index in [1.807, 2.05) is 0 Å². The lowest BCUT2D eigenvalue weighted by atomic mass is 9.73. The molecule has 3 nitrogen and oxygen atoms in total. The van der Waals surface area contributed by atoms with Crippen molar-refractivity contribution in [2.24, 2.45) is 11.1 Å². The summed E-state index contributed by atoms with van der Waals surface area (Å²) in [5.74, 6) is 0.248. The van der Waals surface area contributed by atoms with Crippen LogP contribution in [0.25, 0.3) is 0 Å². The first-order valence-electron chi connectivity index (χ1n) is 6.60. The first-order valence-corrected chi connectivity index (χ1v) is 7.65. The molecular weight excluding hydrogens is 232 g/mol. The molecule has 0 aromatic carbocycles. The van der Waals surface area contributed by atoms with E-state index in [2.05, 4.69) is 26.1 Å². The molecule has 4 heteroatoms. The van der Waals surface area contributed by atoms with Crippen LogP contribution in [0.5, 0.6) is 0 Å². The minimum atomic E-state index is -0.201. The number of nitrogens with one attached hydrogen (secondary N) is 1. The number of carbonyl (C=O) groups excluding carboxylic acids is 1. The second kappa shape index (κ2) is 6.64. The Bertz CT molecular complexity index is 256. The second-order valence-corrected chi connectivity index (χ2v) is 6.86. The smallest absolute Gasteiger partial charge is 0.227 e. The zero-order chi connectivity index (χ0) is 12.9. The van der Waals surface area contributed by atoms with Gasteiger partial charge in [0.2, 0.25) is 5.91 Å². The Balaban J connectivity index is 2.60. The quantitative estimate of drug-likeness (QED) is 0.767. The van der Waals surface area contributed by atoms with Crippen molar-refractivity contribution in [2.75, 3.05) is 12.3 Å². The van der Waals surface area contributed by atoms with Gasteiger partial charge in [-0.3, -0.25) is 4.79 Å². The topological polar surface area (TPSA) is 55.1 Å². The Morgan fingerprint density at radius 3 is 2.82 bits per heavy atom. The number of rotatable bonds is 6. The molecule has 2 atom stereocenters. The lowest BCUT2D eigenvalue weighted by Crippen LogP contribution is -2.51. The lowest BCUT2D eigenvalue weighted by molar-refractivity contribution is -0.115. The molecule has 0 spiro atoms. The van der Waals surface area contributed by atoms with Crippen LogP contribution in [0.15, 0.2) is 0 Å². The molecule has 1 aliphatic carbocycles. The molecule has 0 bridgehead atoms. The van der Waals surface area contributed by atoms with Gasteiger partial charge in [-0.15, -0.1) is 11.8 Å². The first kappa shape index (κ1) is 14.8. The molecule has 17 heavy (non-hydrogen) atoms. The molecule has 2 unspecified atom stereocenters. The van der Waals surface area contributed by atoms with Gasteiger partial charge in [-0.05, 0) is 31.2 Å². The largest absolute Gasteiger partial charge is 0.369 e. The van der Waals surface area contributed by atoms with Crippen LogP contribution in [0.1, 0.15) is 46.5 Å². The number of hydrogen-bond donors (Lipinski definition) is 2. The predicted octanol–water partition coefficient (Wildman–Crippen LogP) is 2.15. The van der Waals surface area contributed by atoms with E-state index < -0.39 is 0 Å². The summed E-state index contributed by atoms with van der Waals surface area (Å²) in [6, 6.07) is 0.501. The SMILES string of the molecule is CCCNC1C(SCC(N)=O)CCCC1(C)C. The van der Waals surface area contributed by atoms with Crippen molar-refractivity contribution in [3.63, 3.8) is 0 Å². The van der Waals surface area contributed by atoms with Gasteiger partial charge in [0.15, 0.2) is 0 Å². The van der Waals surface area contributed by atoms with E-state index in [4.69, 9.17) is 5.73 Å². The summed E-state index contributed by atoms with van der Waals surface area (Å²) in [6.45, 7) is 7.91. The summed E-state index contributed by atoms with van der Waals surface area (Å²) in [5.41, 5.74) is 5.56. The van der Waals surface area contributed by atoms with Gasteiger partial charge >= 0.3 is 0 Å². The molecular formula is C13H26N2OS. The Morgan fingerprint density at radius 1 is 1.53 bits per heavy atom. The summed E-state index contributed by atoms with van der Waals surface area (Å²) >= 11 is 1.73. The summed E-state index contributed by atoms with van der Waals surface area (Å²) in [6.07, 6.45) is 4.87. The molecule has 1 rings (SSSR count). The molecule has 0 aromatic heterocycles. The molecule has 3 N–H and O–H groups in total. The maximum Gasteiger partial charge on any atom is 0.227 e. The Labute approximate surface area is 109 Å². The zero-order valence-corrected chi connectivity index (χ0v) is 12.1. The molecule has 1 fully saturated rings.